The number of carbonyl (C=O) groups is 2. The van der Waals surface area contributed by atoms with Gasteiger partial charge in [0.05, 0.1) is 12.4 Å². The van der Waals surface area contributed by atoms with Crippen LogP contribution in [0.2, 0.25) is 0 Å². The lowest BCUT2D eigenvalue weighted by Crippen LogP contribution is -2.25. The molecule has 0 amide bonds. The Hall–Kier alpha value is -1.32. The summed E-state index contributed by atoms with van der Waals surface area (Å²) in [4.78, 5) is 23.4. The van der Waals surface area contributed by atoms with Crippen molar-refractivity contribution in [2.24, 2.45) is 11.8 Å². The van der Waals surface area contributed by atoms with Crippen LogP contribution in [0.1, 0.15) is 65.2 Å². The Morgan fingerprint density at radius 3 is 2.86 bits per heavy atom. The second-order valence-corrected chi connectivity index (χ2v) is 6.41. The summed E-state index contributed by atoms with van der Waals surface area (Å²) in [6, 6.07) is 0. The highest BCUT2D eigenvalue weighted by molar-refractivity contribution is 5.84. The Kier molecular flexibility index (Phi) is 6.47. The summed E-state index contributed by atoms with van der Waals surface area (Å²) in [5.74, 6) is 1.81. The third-order valence-electron chi connectivity index (χ3n) is 4.78. The van der Waals surface area contributed by atoms with Crippen molar-refractivity contribution in [3.05, 3.63) is 11.8 Å². The summed E-state index contributed by atoms with van der Waals surface area (Å²) >= 11 is 0. The lowest BCUT2D eigenvalue weighted by Gasteiger charge is -2.28. The van der Waals surface area contributed by atoms with Gasteiger partial charge >= 0.3 is 5.97 Å². The first kappa shape index (κ1) is 17.0. The normalized spacial score (nSPS) is 27.1. The molecule has 1 heterocycles. The van der Waals surface area contributed by atoms with E-state index in [0.29, 0.717) is 31.1 Å². The molecule has 0 aromatic heterocycles. The Bertz CT molecular complexity index is 427. The molecule has 4 nitrogen and oxygen atoms in total. The molecule has 0 aromatic carbocycles. The SMILES string of the molecule is CCOC(=O)CCCCCCC1C(=O)CC2OC(C)=CCC21. The van der Waals surface area contributed by atoms with Crippen molar-refractivity contribution in [2.45, 2.75) is 71.3 Å². The monoisotopic (exact) mass is 308 g/mol. The fourth-order valence-corrected chi connectivity index (χ4v) is 3.63. The molecule has 0 aromatic rings. The first-order chi connectivity index (χ1) is 10.6. The molecule has 0 radical (unpaired) electrons. The summed E-state index contributed by atoms with van der Waals surface area (Å²) in [6.07, 6.45) is 9.34. The van der Waals surface area contributed by atoms with Gasteiger partial charge < -0.3 is 9.47 Å². The lowest BCUT2D eigenvalue weighted by molar-refractivity contribution is -0.143. The van der Waals surface area contributed by atoms with Crippen LogP contribution in [-0.4, -0.2) is 24.5 Å². The molecule has 0 bridgehead atoms. The van der Waals surface area contributed by atoms with Crippen LogP contribution in [0.3, 0.4) is 0 Å². The maximum atomic E-state index is 12.2. The number of ketones is 1. The van der Waals surface area contributed by atoms with E-state index in [2.05, 4.69) is 6.08 Å². The lowest BCUT2D eigenvalue weighted by atomic mass is 9.86. The van der Waals surface area contributed by atoms with Gasteiger partial charge in [-0.1, -0.05) is 19.3 Å². The number of carbonyl (C=O) groups excluding carboxylic acids is 2. The summed E-state index contributed by atoms with van der Waals surface area (Å²) in [5.41, 5.74) is 0. The molecule has 0 N–H and O–H groups in total. The molecule has 1 fully saturated rings. The second kappa shape index (κ2) is 8.35. The van der Waals surface area contributed by atoms with E-state index in [-0.39, 0.29) is 18.0 Å². The molecule has 1 aliphatic carbocycles. The zero-order valence-corrected chi connectivity index (χ0v) is 13.8. The van der Waals surface area contributed by atoms with Crippen LogP contribution in [-0.2, 0) is 19.1 Å². The van der Waals surface area contributed by atoms with Gasteiger partial charge in [-0.2, -0.15) is 0 Å². The summed E-state index contributed by atoms with van der Waals surface area (Å²) in [5, 5.41) is 0. The molecule has 0 saturated heterocycles. The summed E-state index contributed by atoms with van der Waals surface area (Å²) in [7, 11) is 0. The van der Waals surface area contributed by atoms with Gasteiger partial charge in [-0.05, 0) is 39.2 Å². The predicted octanol–water partition coefficient (Wildman–Crippen LogP) is 3.79. The highest BCUT2D eigenvalue weighted by Gasteiger charge is 2.43. The highest BCUT2D eigenvalue weighted by atomic mass is 16.5. The molecular weight excluding hydrogens is 280 g/mol. The number of rotatable bonds is 8. The van der Waals surface area contributed by atoms with Crippen LogP contribution in [0, 0.1) is 11.8 Å². The van der Waals surface area contributed by atoms with E-state index < -0.39 is 0 Å². The minimum atomic E-state index is -0.0992. The molecule has 22 heavy (non-hydrogen) atoms. The third-order valence-corrected chi connectivity index (χ3v) is 4.78. The Morgan fingerprint density at radius 2 is 2.09 bits per heavy atom. The number of esters is 1. The van der Waals surface area contributed by atoms with Crippen molar-refractivity contribution in [3.63, 3.8) is 0 Å². The summed E-state index contributed by atoms with van der Waals surface area (Å²) in [6.45, 7) is 4.26. The molecule has 0 spiro atoms. The average Bonchev–Trinajstić information content (AvgIpc) is 2.77. The van der Waals surface area contributed by atoms with Crippen LogP contribution in [0.5, 0.6) is 0 Å². The fourth-order valence-electron chi connectivity index (χ4n) is 3.63. The van der Waals surface area contributed by atoms with Gasteiger partial charge in [0.15, 0.2) is 0 Å². The number of hydrogen-bond acceptors (Lipinski definition) is 4. The number of allylic oxidation sites excluding steroid dienone is 2. The van der Waals surface area contributed by atoms with Crippen molar-refractivity contribution >= 4 is 11.8 Å². The maximum absolute atomic E-state index is 12.2. The molecule has 3 atom stereocenters. The Labute approximate surface area is 133 Å². The largest absolute Gasteiger partial charge is 0.495 e. The topological polar surface area (TPSA) is 52.6 Å². The number of unbranched alkanes of at least 4 members (excludes halogenated alkanes) is 3. The fraction of sp³-hybridized carbons (Fsp3) is 0.778. The predicted molar refractivity (Wildman–Crippen MR) is 84.2 cm³/mol. The van der Waals surface area contributed by atoms with Gasteiger partial charge in [-0.25, -0.2) is 0 Å². The maximum Gasteiger partial charge on any atom is 0.305 e. The van der Waals surface area contributed by atoms with E-state index in [9.17, 15) is 9.59 Å². The molecule has 2 rings (SSSR count). The number of Topliss-reactive ketones (excluding diaryl/α,β-unsaturated/α-hetero) is 1. The van der Waals surface area contributed by atoms with Gasteiger partial charge in [0.2, 0.25) is 0 Å². The van der Waals surface area contributed by atoms with E-state index in [1.165, 1.54) is 0 Å². The second-order valence-electron chi connectivity index (χ2n) is 6.41. The quantitative estimate of drug-likeness (QED) is 0.506. The molecule has 1 saturated carbocycles. The third kappa shape index (κ3) is 4.59. The van der Waals surface area contributed by atoms with E-state index in [0.717, 1.165) is 44.3 Å². The van der Waals surface area contributed by atoms with Crippen LogP contribution < -0.4 is 0 Å². The van der Waals surface area contributed by atoms with Crippen LogP contribution in [0.25, 0.3) is 0 Å². The van der Waals surface area contributed by atoms with Crippen molar-refractivity contribution in [1.82, 2.24) is 0 Å². The zero-order valence-electron chi connectivity index (χ0n) is 13.8. The first-order valence-electron chi connectivity index (χ1n) is 8.63. The average molecular weight is 308 g/mol. The van der Waals surface area contributed by atoms with Gasteiger partial charge in [0.25, 0.3) is 0 Å². The zero-order chi connectivity index (χ0) is 15.9. The minimum Gasteiger partial charge on any atom is -0.495 e. The molecule has 2 aliphatic rings. The summed E-state index contributed by atoms with van der Waals surface area (Å²) < 4.78 is 10.7. The minimum absolute atomic E-state index is 0.0992. The van der Waals surface area contributed by atoms with Crippen LogP contribution in [0.15, 0.2) is 11.8 Å². The Morgan fingerprint density at radius 1 is 1.32 bits per heavy atom. The first-order valence-corrected chi connectivity index (χ1v) is 8.63. The molecular formula is C18H28O4. The van der Waals surface area contributed by atoms with Gasteiger partial charge in [-0.15, -0.1) is 0 Å². The standard InChI is InChI=1S/C18H28O4/c1-3-21-18(20)9-7-5-4-6-8-14-15-11-10-13(2)22-17(15)12-16(14)19/h10,14-15,17H,3-9,11-12H2,1-2H3. The van der Waals surface area contributed by atoms with Gasteiger partial charge in [0, 0.05) is 24.7 Å². The number of hydrogen-bond donors (Lipinski definition) is 0. The number of fused-ring (bicyclic) bond motifs is 1. The van der Waals surface area contributed by atoms with Crippen molar-refractivity contribution in [3.8, 4) is 0 Å². The van der Waals surface area contributed by atoms with Crippen molar-refractivity contribution in [2.75, 3.05) is 6.61 Å². The van der Waals surface area contributed by atoms with Crippen LogP contribution in [0.4, 0.5) is 0 Å². The molecule has 124 valence electrons. The molecule has 3 unspecified atom stereocenters. The van der Waals surface area contributed by atoms with E-state index in [1.807, 2.05) is 13.8 Å². The highest BCUT2D eigenvalue weighted by Crippen LogP contribution is 2.40. The van der Waals surface area contributed by atoms with Gasteiger partial charge in [0.1, 0.15) is 11.9 Å². The molecule has 4 heteroatoms. The van der Waals surface area contributed by atoms with Gasteiger partial charge in [-0.3, -0.25) is 9.59 Å². The van der Waals surface area contributed by atoms with E-state index >= 15 is 0 Å². The Balaban J connectivity index is 1.63. The van der Waals surface area contributed by atoms with E-state index in [4.69, 9.17) is 9.47 Å². The van der Waals surface area contributed by atoms with Crippen LogP contribution >= 0.6 is 0 Å². The van der Waals surface area contributed by atoms with Crippen molar-refractivity contribution < 1.29 is 19.1 Å². The smallest absolute Gasteiger partial charge is 0.305 e. The van der Waals surface area contributed by atoms with E-state index in [1.54, 1.807) is 0 Å². The number of ether oxygens (including phenoxy) is 2. The molecule has 1 aliphatic heterocycles. The van der Waals surface area contributed by atoms with Crippen molar-refractivity contribution in [1.29, 1.82) is 0 Å².